The van der Waals surface area contributed by atoms with Crippen LogP contribution in [0.2, 0.25) is 0 Å². The topological polar surface area (TPSA) is 43.8 Å². The van der Waals surface area contributed by atoms with Crippen LogP contribution in [0.15, 0.2) is 24.3 Å². The van der Waals surface area contributed by atoms with Crippen molar-refractivity contribution >= 4 is 11.7 Å². The summed E-state index contributed by atoms with van der Waals surface area (Å²) in [5.74, 6) is -0.767. The van der Waals surface area contributed by atoms with Gasteiger partial charge in [0.15, 0.2) is 0 Å². The van der Waals surface area contributed by atoms with Crippen LogP contribution in [-0.4, -0.2) is 48.2 Å². The normalized spacial score (nSPS) is 23.6. The number of aryl methyl sites for hydroxylation is 1. The first-order valence-corrected chi connectivity index (χ1v) is 7.22. The van der Waals surface area contributed by atoms with E-state index in [4.69, 9.17) is 0 Å². The van der Waals surface area contributed by atoms with Crippen molar-refractivity contribution in [1.82, 2.24) is 4.90 Å². The molecule has 4 heteroatoms. The maximum atomic E-state index is 11.2. The maximum Gasteiger partial charge on any atom is 0.323 e. The van der Waals surface area contributed by atoms with Crippen LogP contribution in [0, 0.1) is 6.92 Å². The zero-order valence-corrected chi connectivity index (χ0v) is 12.5. The third-order valence-corrected chi connectivity index (χ3v) is 4.29. The number of carbonyl (C=O) groups is 1. The van der Waals surface area contributed by atoms with Gasteiger partial charge in [0.2, 0.25) is 0 Å². The lowest BCUT2D eigenvalue weighted by Crippen LogP contribution is -2.49. The number of carboxylic acid groups (broad SMARTS) is 1. The van der Waals surface area contributed by atoms with Crippen molar-refractivity contribution in [3.63, 3.8) is 0 Å². The fourth-order valence-electron chi connectivity index (χ4n) is 2.86. The van der Waals surface area contributed by atoms with Gasteiger partial charge < -0.3 is 14.9 Å². The van der Waals surface area contributed by atoms with Crippen molar-refractivity contribution in [2.75, 3.05) is 25.0 Å². The first-order chi connectivity index (χ1) is 9.47. The van der Waals surface area contributed by atoms with Crippen LogP contribution in [0.1, 0.15) is 25.3 Å². The average molecular weight is 276 g/mol. The summed E-state index contributed by atoms with van der Waals surface area (Å²) >= 11 is 0. The number of likely N-dealkylation sites (tertiary alicyclic amines) is 1. The number of hydrogen-bond acceptors (Lipinski definition) is 3. The molecular weight excluding hydrogens is 252 g/mol. The third-order valence-electron chi connectivity index (χ3n) is 4.29. The maximum absolute atomic E-state index is 11.2. The van der Waals surface area contributed by atoms with Crippen LogP contribution in [0.3, 0.4) is 0 Å². The van der Waals surface area contributed by atoms with Gasteiger partial charge in [-0.3, -0.25) is 4.79 Å². The van der Waals surface area contributed by atoms with Gasteiger partial charge in [0, 0.05) is 24.3 Å². The summed E-state index contributed by atoms with van der Waals surface area (Å²) in [5.41, 5.74) is 2.21. The standard InChI is InChI=1S/C16H24N2O2/c1-12-4-6-14(7-5-12)18(11-16(19)20)15-8-9-17(3)13(2)10-15/h4-7,13,15H,8-11H2,1-3H3,(H,19,20). The summed E-state index contributed by atoms with van der Waals surface area (Å²) in [6.07, 6.45) is 2.03. The van der Waals surface area contributed by atoms with Crippen molar-refractivity contribution in [3.8, 4) is 0 Å². The predicted molar refractivity (Wildman–Crippen MR) is 81.3 cm³/mol. The largest absolute Gasteiger partial charge is 0.480 e. The summed E-state index contributed by atoms with van der Waals surface area (Å²) in [7, 11) is 2.13. The zero-order valence-electron chi connectivity index (χ0n) is 12.5. The van der Waals surface area contributed by atoms with E-state index in [-0.39, 0.29) is 6.54 Å². The van der Waals surface area contributed by atoms with E-state index in [0.717, 1.165) is 25.1 Å². The summed E-state index contributed by atoms with van der Waals surface area (Å²) in [4.78, 5) is 15.6. The highest BCUT2D eigenvalue weighted by molar-refractivity contribution is 5.74. The van der Waals surface area contributed by atoms with Gasteiger partial charge in [-0.15, -0.1) is 0 Å². The number of carboxylic acids is 1. The molecule has 0 amide bonds. The van der Waals surface area contributed by atoms with Crippen molar-refractivity contribution in [2.24, 2.45) is 0 Å². The van der Waals surface area contributed by atoms with Crippen LogP contribution in [0.5, 0.6) is 0 Å². The molecule has 20 heavy (non-hydrogen) atoms. The van der Waals surface area contributed by atoms with Gasteiger partial charge >= 0.3 is 5.97 Å². The Morgan fingerprint density at radius 2 is 2.05 bits per heavy atom. The lowest BCUT2D eigenvalue weighted by molar-refractivity contribution is -0.135. The minimum atomic E-state index is -0.767. The van der Waals surface area contributed by atoms with E-state index in [1.807, 2.05) is 36.1 Å². The molecule has 0 aliphatic carbocycles. The second kappa shape index (κ2) is 6.27. The number of hydrogen-bond donors (Lipinski definition) is 1. The van der Waals surface area contributed by atoms with Gasteiger partial charge in [-0.2, -0.15) is 0 Å². The highest BCUT2D eigenvalue weighted by Gasteiger charge is 2.28. The van der Waals surface area contributed by atoms with Gasteiger partial charge in [-0.1, -0.05) is 17.7 Å². The van der Waals surface area contributed by atoms with E-state index in [2.05, 4.69) is 18.9 Å². The Bertz CT molecular complexity index is 458. The second-order valence-electron chi connectivity index (χ2n) is 5.87. The van der Waals surface area contributed by atoms with Crippen LogP contribution in [0.4, 0.5) is 5.69 Å². The molecule has 1 N–H and O–H groups in total. The molecule has 1 aromatic carbocycles. The molecule has 4 nitrogen and oxygen atoms in total. The monoisotopic (exact) mass is 276 g/mol. The molecule has 0 saturated carbocycles. The summed E-state index contributed by atoms with van der Waals surface area (Å²) in [5, 5.41) is 9.20. The molecule has 0 aromatic heterocycles. The molecule has 1 heterocycles. The highest BCUT2D eigenvalue weighted by Crippen LogP contribution is 2.26. The highest BCUT2D eigenvalue weighted by atomic mass is 16.4. The van der Waals surface area contributed by atoms with E-state index < -0.39 is 5.97 Å². The number of nitrogens with zero attached hydrogens (tertiary/aromatic N) is 2. The molecule has 110 valence electrons. The number of rotatable bonds is 4. The Morgan fingerprint density at radius 3 is 2.60 bits per heavy atom. The predicted octanol–water partition coefficient (Wildman–Crippen LogP) is 2.37. The molecule has 0 spiro atoms. The number of piperidine rings is 1. The Balaban J connectivity index is 2.19. The van der Waals surface area contributed by atoms with E-state index >= 15 is 0 Å². The van der Waals surface area contributed by atoms with Crippen LogP contribution in [-0.2, 0) is 4.79 Å². The molecule has 0 bridgehead atoms. The first-order valence-electron chi connectivity index (χ1n) is 7.22. The summed E-state index contributed by atoms with van der Waals surface area (Å²) in [6, 6.07) is 8.95. The number of benzene rings is 1. The summed E-state index contributed by atoms with van der Waals surface area (Å²) < 4.78 is 0. The number of aliphatic carboxylic acids is 1. The Morgan fingerprint density at radius 1 is 1.40 bits per heavy atom. The van der Waals surface area contributed by atoms with Crippen molar-refractivity contribution in [2.45, 2.75) is 38.8 Å². The third kappa shape index (κ3) is 3.51. The lowest BCUT2D eigenvalue weighted by atomic mass is 9.96. The van der Waals surface area contributed by atoms with Crippen LogP contribution in [0.25, 0.3) is 0 Å². The number of anilines is 1. The van der Waals surface area contributed by atoms with Crippen LogP contribution < -0.4 is 4.90 Å². The van der Waals surface area contributed by atoms with Gasteiger partial charge in [-0.05, 0) is 45.9 Å². The molecular formula is C16H24N2O2. The zero-order chi connectivity index (χ0) is 14.7. The molecule has 1 aliphatic heterocycles. The Labute approximate surface area is 121 Å². The molecule has 1 aliphatic rings. The van der Waals surface area contributed by atoms with Crippen molar-refractivity contribution in [1.29, 1.82) is 0 Å². The Hall–Kier alpha value is -1.55. The van der Waals surface area contributed by atoms with Gasteiger partial charge in [-0.25, -0.2) is 0 Å². The van der Waals surface area contributed by atoms with Crippen LogP contribution >= 0.6 is 0 Å². The second-order valence-corrected chi connectivity index (χ2v) is 5.87. The van der Waals surface area contributed by atoms with E-state index in [0.29, 0.717) is 12.1 Å². The molecule has 0 radical (unpaired) electrons. The van der Waals surface area contributed by atoms with E-state index in [9.17, 15) is 9.90 Å². The molecule has 1 fully saturated rings. The van der Waals surface area contributed by atoms with Crippen molar-refractivity contribution < 1.29 is 9.90 Å². The fourth-order valence-corrected chi connectivity index (χ4v) is 2.86. The molecule has 1 saturated heterocycles. The molecule has 2 rings (SSSR count). The Kier molecular flexibility index (Phi) is 4.65. The quantitative estimate of drug-likeness (QED) is 0.917. The van der Waals surface area contributed by atoms with Crippen molar-refractivity contribution in [3.05, 3.63) is 29.8 Å². The SMILES string of the molecule is Cc1ccc(N(CC(=O)O)C2CCN(C)C(C)C2)cc1. The average Bonchev–Trinajstić information content (AvgIpc) is 2.40. The minimum Gasteiger partial charge on any atom is -0.480 e. The first kappa shape index (κ1) is 14.9. The summed E-state index contributed by atoms with van der Waals surface area (Å²) in [6.45, 7) is 5.35. The fraction of sp³-hybridized carbons (Fsp3) is 0.562. The van der Waals surface area contributed by atoms with E-state index in [1.54, 1.807) is 0 Å². The van der Waals surface area contributed by atoms with E-state index in [1.165, 1.54) is 5.56 Å². The molecule has 1 aromatic rings. The minimum absolute atomic E-state index is 0.0736. The lowest BCUT2D eigenvalue weighted by Gasteiger charge is -2.41. The van der Waals surface area contributed by atoms with Gasteiger partial charge in [0.25, 0.3) is 0 Å². The molecule has 2 unspecified atom stereocenters. The smallest absolute Gasteiger partial charge is 0.323 e. The molecule has 2 atom stereocenters. The van der Waals surface area contributed by atoms with Gasteiger partial charge in [0.1, 0.15) is 6.54 Å². The van der Waals surface area contributed by atoms with Gasteiger partial charge in [0.05, 0.1) is 0 Å².